The molecule has 0 saturated carbocycles. The fraction of sp³-hybridized carbons (Fsp3) is 0. The fourth-order valence-electron chi connectivity index (χ4n) is 5.16. The molecular formula is C31H18N2O. The van der Waals surface area contributed by atoms with Crippen LogP contribution in [0.5, 0.6) is 0 Å². The van der Waals surface area contributed by atoms with Gasteiger partial charge >= 0.3 is 0 Å². The number of hydrogen-bond acceptors (Lipinski definition) is 2. The van der Waals surface area contributed by atoms with E-state index in [1.54, 1.807) is 0 Å². The minimum atomic E-state index is 0.618. The number of nitrogens with zero attached hydrogens (tertiary/aromatic N) is 2. The van der Waals surface area contributed by atoms with Crippen molar-refractivity contribution in [3.8, 4) is 22.9 Å². The van der Waals surface area contributed by atoms with E-state index in [1.165, 1.54) is 10.8 Å². The molecule has 0 radical (unpaired) electrons. The van der Waals surface area contributed by atoms with Crippen molar-refractivity contribution in [1.29, 1.82) is 5.26 Å². The van der Waals surface area contributed by atoms with Crippen LogP contribution in [0.2, 0.25) is 0 Å². The molecule has 7 aromatic rings. The summed E-state index contributed by atoms with van der Waals surface area (Å²) in [5.41, 5.74) is 7.54. The van der Waals surface area contributed by atoms with Gasteiger partial charge in [0.25, 0.3) is 0 Å². The quantitative estimate of drug-likeness (QED) is 0.275. The summed E-state index contributed by atoms with van der Waals surface area (Å²) in [6, 6.07) is 39.5. The van der Waals surface area contributed by atoms with Crippen molar-refractivity contribution < 1.29 is 4.42 Å². The highest BCUT2D eigenvalue weighted by Gasteiger charge is 2.19. The molecule has 0 amide bonds. The largest absolute Gasteiger partial charge is 0.455 e. The molecule has 3 nitrogen and oxygen atoms in total. The number of furan rings is 1. The van der Waals surface area contributed by atoms with E-state index in [9.17, 15) is 5.26 Å². The molecule has 0 aliphatic carbocycles. The molecule has 0 aliphatic heterocycles. The number of para-hydroxylation sites is 4. The molecule has 0 fully saturated rings. The SMILES string of the molecule is N#Cc1ccc(-n2c3ccccc3c3ccccc32)c(-c2cccc3c2oc2ccccc23)c1. The summed E-state index contributed by atoms with van der Waals surface area (Å²) in [5.74, 6) is 0. The first-order chi connectivity index (χ1) is 16.8. The summed E-state index contributed by atoms with van der Waals surface area (Å²) in [6.07, 6.45) is 0. The second kappa shape index (κ2) is 7.10. The molecule has 7 rings (SSSR count). The predicted octanol–water partition coefficient (Wildman–Crippen LogP) is 8.22. The van der Waals surface area contributed by atoms with E-state index in [0.717, 1.165) is 49.8 Å². The van der Waals surface area contributed by atoms with Crippen LogP contribution in [0.15, 0.2) is 114 Å². The van der Waals surface area contributed by atoms with Gasteiger partial charge in [-0.3, -0.25) is 0 Å². The maximum Gasteiger partial charge on any atom is 0.143 e. The van der Waals surface area contributed by atoms with Crippen LogP contribution in [0.3, 0.4) is 0 Å². The lowest BCUT2D eigenvalue weighted by Crippen LogP contribution is -1.98. The Morgan fingerprint density at radius 1 is 0.588 bits per heavy atom. The van der Waals surface area contributed by atoms with Gasteiger partial charge in [-0.05, 0) is 36.4 Å². The summed E-state index contributed by atoms with van der Waals surface area (Å²) in [5, 5.41) is 14.3. The second-order valence-corrected chi connectivity index (χ2v) is 8.49. The first-order valence-corrected chi connectivity index (χ1v) is 11.3. The van der Waals surface area contributed by atoms with E-state index >= 15 is 0 Å². The first-order valence-electron chi connectivity index (χ1n) is 11.3. The highest BCUT2D eigenvalue weighted by molar-refractivity contribution is 6.12. The van der Waals surface area contributed by atoms with Gasteiger partial charge in [-0.25, -0.2) is 0 Å². The van der Waals surface area contributed by atoms with Gasteiger partial charge in [-0.2, -0.15) is 5.26 Å². The molecule has 0 N–H and O–H groups in total. The molecule has 3 heteroatoms. The van der Waals surface area contributed by atoms with Crippen molar-refractivity contribution in [2.75, 3.05) is 0 Å². The Kier molecular flexibility index (Phi) is 3.91. The van der Waals surface area contributed by atoms with Gasteiger partial charge in [0.1, 0.15) is 11.2 Å². The molecule has 5 aromatic carbocycles. The first kappa shape index (κ1) is 18.7. The van der Waals surface area contributed by atoms with Crippen molar-refractivity contribution in [1.82, 2.24) is 4.57 Å². The highest BCUT2D eigenvalue weighted by atomic mass is 16.3. The van der Waals surface area contributed by atoms with Gasteiger partial charge in [-0.1, -0.05) is 72.8 Å². The smallest absolute Gasteiger partial charge is 0.143 e. The van der Waals surface area contributed by atoms with Crippen LogP contribution in [-0.2, 0) is 0 Å². The molecule has 0 unspecified atom stereocenters. The maximum absolute atomic E-state index is 9.72. The zero-order valence-electron chi connectivity index (χ0n) is 18.2. The average Bonchev–Trinajstić information content (AvgIpc) is 3.44. The molecule has 0 spiro atoms. The number of rotatable bonds is 2. The summed E-state index contributed by atoms with van der Waals surface area (Å²) < 4.78 is 8.66. The molecule has 158 valence electrons. The highest BCUT2D eigenvalue weighted by Crippen LogP contribution is 2.40. The van der Waals surface area contributed by atoms with Crippen LogP contribution in [0, 0.1) is 11.3 Å². The minimum Gasteiger partial charge on any atom is -0.455 e. The Hall–Kier alpha value is -4.81. The topological polar surface area (TPSA) is 41.9 Å². The lowest BCUT2D eigenvalue weighted by Gasteiger charge is -2.15. The molecule has 0 aliphatic rings. The fourth-order valence-corrected chi connectivity index (χ4v) is 5.16. The predicted molar refractivity (Wildman–Crippen MR) is 138 cm³/mol. The van der Waals surface area contributed by atoms with Gasteiger partial charge < -0.3 is 8.98 Å². The summed E-state index contributed by atoms with van der Waals surface area (Å²) >= 11 is 0. The van der Waals surface area contributed by atoms with Crippen LogP contribution in [0.1, 0.15) is 5.56 Å². The van der Waals surface area contributed by atoms with Crippen molar-refractivity contribution in [2.24, 2.45) is 0 Å². The molecule has 2 aromatic heterocycles. The Labute approximate surface area is 195 Å². The van der Waals surface area contributed by atoms with Crippen LogP contribution in [-0.4, -0.2) is 4.57 Å². The van der Waals surface area contributed by atoms with Gasteiger partial charge in [0, 0.05) is 32.7 Å². The molecule has 0 atom stereocenters. The van der Waals surface area contributed by atoms with Crippen LogP contribution < -0.4 is 0 Å². The summed E-state index contributed by atoms with van der Waals surface area (Å²) in [4.78, 5) is 0. The lowest BCUT2D eigenvalue weighted by atomic mass is 9.98. The lowest BCUT2D eigenvalue weighted by molar-refractivity contribution is 0.670. The van der Waals surface area contributed by atoms with Crippen molar-refractivity contribution in [3.05, 3.63) is 115 Å². The van der Waals surface area contributed by atoms with Gasteiger partial charge in [-0.15, -0.1) is 0 Å². The van der Waals surface area contributed by atoms with E-state index < -0.39 is 0 Å². The van der Waals surface area contributed by atoms with Crippen LogP contribution in [0.4, 0.5) is 0 Å². The third kappa shape index (κ3) is 2.57. The number of aromatic nitrogens is 1. The maximum atomic E-state index is 9.72. The monoisotopic (exact) mass is 434 g/mol. The molecule has 34 heavy (non-hydrogen) atoms. The number of benzene rings is 5. The van der Waals surface area contributed by atoms with Crippen LogP contribution >= 0.6 is 0 Å². The van der Waals surface area contributed by atoms with E-state index in [1.807, 2.05) is 36.4 Å². The zero-order chi connectivity index (χ0) is 22.6. The molecule has 2 heterocycles. The molecule has 0 bridgehead atoms. The van der Waals surface area contributed by atoms with Gasteiger partial charge in [0.2, 0.25) is 0 Å². The number of hydrogen-bond donors (Lipinski definition) is 0. The van der Waals surface area contributed by atoms with Gasteiger partial charge in [0.15, 0.2) is 0 Å². The minimum absolute atomic E-state index is 0.618. The second-order valence-electron chi connectivity index (χ2n) is 8.49. The van der Waals surface area contributed by atoms with Crippen molar-refractivity contribution in [2.45, 2.75) is 0 Å². The molecule has 0 saturated heterocycles. The van der Waals surface area contributed by atoms with Crippen molar-refractivity contribution >= 4 is 43.7 Å². The Morgan fingerprint density at radius 2 is 1.24 bits per heavy atom. The molecular weight excluding hydrogens is 416 g/mol. The number of nitriles is 1. The number of fused-ring (bicyclic) bond motifs is 6. The zero-order valence-corrected chi connectivity index (χ0v) is 18.2. The third-order valence-corrected chi connectivity index (χ3v) is 6.64. The normalized spacial score (nSPS) is 11.5. The Bertz CT molecular complexity index is 1880. The van der Waals surface area contributed by atoms with E-state index in [0.29, 0.717) is 5.56 Å². The van der Waals surface area contributed by atoms with Crippen LogP contribution in [0.25, 0.3) is 60.6 Å². The van der Waals surface area contributed by atoms with E-state index in [2.05, 4.69) is 83.4 Å². The van der Waals surface area contributed by atoms with E-state index in [-0.39, 0.29) is 0 Å². The summed E-state index contributed by atoms with van der Waals surface area (Å²) in [7, 11) is 0. The standard InChI is InChI=1S/C31H18N2O/c32-19-20-16-17-29(33-27-13-4-1-8-21(27)22-9-2-5-14-28(22)33)26(18-20)25-12-7-11-24-23-10-3-6-15-30(23)34-31(24)25/h1-18H. The Balaban J connectivity index is 1.63. The average molecular weight is 434 g/mol. The van der Waals surface area contributed by atoms with Crippen molar-refractivity contribution in [3.63, 3.8) is 0 Å². The Morgan fingerprint density at radius 3 is 1.97 bits per heavy atom. The summed E-state index contributed by atoms with van der Waals surface area (Å²) in [6.45, 7) is 0. The third-order valence-electron chi connectivity index (χ3n) is 6.64. The van der Waals surface area contributed by atoms with Gasteiger partial charge in [0.05, 0.1) is 28.4 Å². The van der Waals surface area contributed by atoms with E-state index in [4.69, 9.17) is 4.42 Å².